The highest BCUT2D eigenvalue weighted by Crippen LogP contribution is 2.39. The van der Waals surface area contributed by atoms with Crippen LogP contribution in [-0.2, 0) is 0 Å². The number of benzene rings is 2. The molecule has 1 aliphatic heterocycles. The molecule has 0 unspecified atom stereocenters. The Morgan fingerprint density at radius 3 is 2.67 bits per heavy atom. The predicted octanol–water partition coefficient (Wildman–Crippen LogP) is 1.86. The zero-order chi connectivity index (χ0) is 14.4. The Labute approximate surface area is 119 Å². The number of aromatic hydroxyl groups is 1. The minimum Gasteiger partial charge on any atom is -0.505 e. The maximum atomic E-state index is 10.1. The third kappa shape index (κ3) is 1.82. The SMILES string of the molecule is COc1ccc2nn(-c3cc4c(cc3O)OCO4)nc2c1. The summed E-state index contributed by atoms with van der Waals surface area (Å²) in [7, 11) is 1.59. The van der Waals surface area contributed by atoms with Crippen LogP contribution in [0, 0.1) is 0 Å². The number of methoxy groups -OCH3 is 1. The summed E-state index contributed by atoms with van der Waals surface area (Å²) in [6.07, 6.45) is 0. The monoisotopic (exact) mass is 285 g/mol. The standard InChI is InChI=1S/C14H11N3O4/c1-19-8-2-3-9-10(4-8)16-17(15-9)11-5-13-14(6-12(11)18)21-7-20-13/h2-6,18H,7H2,1H3. The van der Waals surface area contributed by atoms with Gasteiger partial charge >= 0.3 is 0 Å². The van der Waals surface area contributed by atoms with Crippen molar-refractivity contribution in [3.05, 3.63) is 30.3 Å². The Morgan fingerprint density at radius 1 is 1.10 bits per heavy atom. The van der Waals surface area contributed by atoms with Gasteiger partial charge in [0.2, 0.25) is 6.79 Å². The largest absolute Gasteiger partial charge is 0.505 e. The van der Waals surface area contributed by atoms with Gasteiger partial charge in [-0.3, -0.25) is 0 Å². The summed E-state index contributed by atoms with van der Waals surface area (Å²) in [5.41, 5.74) is 1.80. The molecule has 7 heteroatoms. The van der Waals surface area contributed by atoms with Crippen LogP contribution in [0.4, 0.5) is 0 Å². The molecule has 0 radical (unpaired) electrons. The van der Waals surface area contributed by atoms with Gasteiger partial charge in [-0.15, -0.1) is 15.0 Å². The highest BCUT2D eigenvalue weighted by atomic mass is 16.7. The number of hydrogen-bond donors (Lipinski definition) is 1. The first kappa shape index (κ1) is 11.8. The van der Waals surface area contributed by atoms with Crippen molar-refractivity contribution in [1.82, 2.24) is 15.0 Å². The number of nitrogens with zero attached hydrogens (tertiary/aromatic N) is 3. The van der Waals surface area contributed by atoms with Crippen LogP contribution in [0.3, 0.4) is 0 Å². The Morgan fingerprint density at radius 2 is 1.86 bits per heavy atom. The van der Waals surface area contributed by atoms with Gasteiger partial charge in [0.25, 0.3) is 0 Å². The van der Waals surface area contributed by atoms with Crippen molar-refractivity contribution < 1.29 is 19.3 Å². The summed E-state index contributed by atoms with van der Waals surface area (Å²) >= 11 is 0. The lowest BCUT2D eigenvalue weighted by molar-refractivity contribution is 0.174. The first-order valence-electron chi connectivity index (χ1n) is 6.29. The molecule has 0 fully saturated rings. The maximum absolute atomic E-state index is 10.1. The van der Waals surface area contributed by atoms with Gasteiger partial charge in [0.05, 0.1) is 7.11 Å². The van der Waals surface area contributed by atoms with Gasteiger partial charge in [-0.25, -0.2) is 0 Å². The zero-order valence-corrected chi connectivity index (χ0v) is 11.1. The number of phenols is 1. The lowest BCUT2D eigenvalue weighted by atomic mass is 10.2. The third-order valence-corrected chi connectivity index (χ3v) is 3.27. The number of fused-ring (bicyclic) bond motifs is 2. The molecule has 0 saturated carbocycles. The van der Waals surface area contributed by atoms with Crippen LogP contribution in [0.15, 0.2) is 30.3 Å². The van der Waals surface area contributed by atoms with Crippen molar-refractivity contribution in [2.45, 2.75) is 0 Å². The fraction of sp³-hybridized carbons (Fsp3) is 0.143. The van der Waals surface area contributed by atoms with Crippen LogP contribution >= 0.6 is 0 Å². The molecule has 2 heterocycles. The summed E-state index contributed by atoms with van der Waals surface area (Å²) in [5, 5.41) is 18.8. The Hall–Kier alpha value is -2.96. The highest BCUT2D eigenvalue weighted by Gasteiger charge is 2.19. The van der Waals surface area contributed by atoms with Gasteiger partial charge in [0.1, 0.15) is 28.2 Å². The minimum absolute atomic E-state index is 0.0199. The molecular weight excluding hydrogens is 274 g/mol. The van der Waals surface area contributed by atoms with Crippen molar-refractivity contribution in [2.24, 2.45) is 0 Å². The molecule has 1 aliphatic rings. The number of phenolic OH excluding ortho intramolecular Hbond substituents is 1. The van der Waals surface area contributed by atoms with Crippen molar-refractivity contribution in [1.29, 1.82) is 0 Å². The lowest BCUT2D eigenvalue weighted by Gasteiger charge is -2.04. The van der Waals surface area contributed by atoms with Gasteiger partial charge in [0.15, 0.2) is 11.5 Å². The number of hydrogen-bond acceptors (Lipinski definition) is 6. The molecule has 106 valence electrons. The molecule has 1 aromatic heterocycles. The van der Waals surface area contributed by atoms with E-state index in [9.17, 15) is 5.11 Å². The van der Waals surface area contributed by atoms with Crippen LogP contribution < -0.4 is 14.2 Å². The molecule has 7 nitrogen and oxygen atoms in total. The van der Waals surface area contributed by atoms with E-state index in [0.29, 0.717) is 34.0 Å². The molecule has 3 aromatic rings. The number of rotatable bonds is 2. The number of aromatic nitrogens is 3. The molecule has 0 bridgehead atoms. The zero-order valence-electron chi connectivity index (χ0n) is 11.1. The van der Waals surface area contributed by atoms with Gasteiger partial charge in [-0.1, -0.05) is 0 Å². The summed E-state index contributed by atoms with van der Waals surface area (Å²) in [5.74, 6) is 1.78. The molecule has 21 heavy (non-hydrogen) atoms. The highest BCUT2D eigenvalue weighted by molar-refractivity contribution is 5.76. The topological polar surface area (TPSA) is 78.6 Å². The van der Waals surface area contributed by atoms with Crippen LogP contribution in [0.5, 0.6) is 23.0 Å². The minimum atomic E-state index is 0.0199. The molecule has 0 atom stereocenters. The predicted molar refractivity (Wildman–Crippen MR) is 73.2 cm³/mol. The average Bonchev–Trinajstić information content (AvgIpc) is 3.10. The molecule has 1 N–H and O–H groups in total. The van der Waals surface area contributed by atoms with Crippen LogP contribution in [0.25, 0.3) is 16.7 Å². The molecule has 0 amide bonds. The van der Waals surface area contributed by atoms with E-state index in [-0.39, 0.29) is 12.5 Å². The smallest absolute Gasteiger partial charge is 0.231 e. The first-order chi connectivity index (χ1) is 10.2. The van der Waals surface area contributed by atoms with Crippen LogP contribution in [0.2, 0.25) is 0 Å². The summed E-state index contributed by atoms with van der Waals surface area (Å²) in [6.45, 7) is 0.143. The van der Waals surface area contributed by atoms with Gasteiger partial charge < -0.3 is 19.3 Å². The second-order valence-electron chi connectivity index (χ2n) is 4.54. The average molecular weight is 285 g/mol. The first-order valence-corrected chi connectivity index (χ1v) is 6.29. The second-order valence-corrected chi connectivity index (χ2v) is 4.54. The van der Waals surface area contributed by atoms with Gasteiger partial charge in [0, 0.05) is 18.2 Å². The molecule has 0 saturated heterocycles. The summed E-state index contributed by atoms with van der Waals surface area (Å²) in [4.78, 5) is 1.36. The third-order valence-electron chi connectivity index (χ3n) is 3.27. The summed E-state index contributed by atoms with van der Waals surface area (Å²) in [6, 6.07) is 8.53. The van der Waals surface area contributed by atoms with Crippen molar-refractivity contribution in [3.63, 3.8) is 0 Å². The van der Waals surface area contributed by atoms with E-state index in [0.717, 1.165) is 0 Å². The fourth-order valence-corrected chi connectivity index (χ4v) is 2.21. The van der Waals surface area contributed by atoms with E-state index in [1.807, 2.05) is 6.07 Å². The number of ether oxygens (including phenoxy) is 3. The Bertz CT molecular complexity index is 844. The maximum Gasteiger partial charge on any atom is 0.231 e. The van der Waals surface area contributed by atoms with Crippen molar-refractivity contribution in [2.75, 3.05) is 13.9 Å². The van der Waals surface area contributed by atoms with Gasteiger partial charge in [-0.2, -0.15) is 0 Å². The van der Waals surface area contributed by atoms with E-state index in [1.54, 1.807) is 25.3 Å². The normalized spacial score (nSPS) is 12.8. The Kier molecular flexibility index (Phi) is 2.41. The quantitative estimate of drug-likeness (QED) is 0.774. The van der Waals surface area contributed by atoms with Crippen LogP contribution in [0.1, 0.15) is 0 Å². The van der Waals surface area contributed by atoms with Crippen molar-refractivity contribution >= 4 is 11.0 Å². The van der Waals surface area contributed by atoms with E-state index < -0.39 is 0 Å². The molecule has 0 spiro atoms. The molecular formula is C14H11N3O4. The lowest BCUT2D eigenvalue weighted by Crippen LogP contribution is -1.99. The second kappa shape index (κ2) is 4.27. The van der Waals surface area contributed by atoms with Crippen molar-refractivity contribution in [3.8, 4) is 28.7 Å². The van der Waals surface area contributed by atoms with Gasteiger partial charge in [-0.05, 0) is 12.1 Å². The van der Waals surface area contributed by atoms with E-state index in [1.165, 1.54) is 10.9 Å². The van der Waals surface area contributed by atoms with E-state index in [2.05, 4.69) is 10.2 Å². The van der Waals surface area contributed by atoms with E-state index in [4.69, 9.17) is 14.2 Å². The molecule has 2 aromatic carbocycles. The Balaban J connectivity index is 1.86. The van der Waals surface area contributed by atoms with Crippen LogP contribution in [-0.4, -0.2) is 34.0 Å². The summed E-state index contributed by atoms with van der Waals surface area (Å²) < 4.78 is 15.7. The molecule has 4 rings (SSSR count). The van der Waals surface area contributed by atoms with E-state index >= 15 is 0 Å². The fourth-order valence-electron chi connectivity index (χ4n) is 2.21. The molecule has 0 aliphatic carbocycles.